The molecule has 0 aliphatic rings. The molecular formula is C12H15BrN2O3S. The fraction of sp³-hybridized carbons (Fsp3) is 0.333. The summed E-state index contributed by atoms with van der Waals surface area (Å²) in [7, 11) is -3.43. The Labute approximate surface area is 120 Å². The van der Waals surface area contributed by atoms with Crippen LogP contribution in [0, 0.1) is 0 Å². The van der Waals surface area contributed by atoms with Gasteiger partial charge in [0.05, 0.1) is 11.8 Å². The Balaban J connectivity index is 2.07. The summed E-state index contributed by atoms with van der Waals surface area (Å²) < 4.78 is 28.4. The predicted molar refractivity (Wildman–Crippen MR) is 78.3 cm³/mol. The van der Waals surface area contributed by atoms with Gasteiger partial charge >= 0.3 is 0 Å². The summed E-state index contributed by atoms with van der Waals surface area (Å²) in [4.78, 5) is 0. The number of sulfonamides is 1. The second-order valence-electron chi connectivity index (χ2n) is 4.37. The minimum Gasteiger partial charge on any atom is -0.459 e. The van der Waals surface area contributed by atoms with Crippen LogP contribution in [0.4, 0.5) is 0 Å². The lowest BCUT2D eigenvalue weighted by Crippen LogP contribution is -2.28. The van der Waals surface area contributed by atoms with Crippen LogP contribution in [0.1, 0.15) is 18.7 Å². The molecule has 0 radical (unpaired) electrons. The largest absolute Gasteiger partial charge is 0.459 e. The van der Waals surface area contributed by atoms with Gasteiger partial charge in [-0.2, -0.15) is 0 Å². The van der Waals surface area contributed by atoms with Crippen molar-refractivity contribution >= 4 is 36.9 Å². The Morgan fingerprint density at radius 1 is 1.42 bits per heavy atom. The molecule has 1 aromatic carbocycles. The van der Waals surface area contributed by atoms with Crippen LogP contribution in [0.3, 0.4) is 0 Å². The van der Waals surface area contributed by atoms with E-state index in [1.165, 1.54) is 0 Å². The summed E-state index contributed by atoms with van der Waals surface area (Å²) in [6.07, 6.45) is 0. The zero-order valence-electron chi connectivity index (χ0n) is 10.4. The summed E-state index contributed by atoms with van der Waals surface area (Å²) in [6, 6.07) is 7.64. The van der Waals surface area contributed by atoms with Crippen LogP contribution in [0.2, 0.25) is 0 Å². The Morgan fingerprint density at radius 2 is 2.16 bits per heavy atom. The summed E-state index contributed by atoms with van der Waals surface area (Å²) in [5, 5.41) is 9.01. The van der Waals surface area contributed by atoms with Crippen LogP contribution in [-0.2, 0) is 10.0 Å². The lowest BCUT2D eigenvalue weighted by molar-refractivity contribution is 0.459. The van der Waals surface area contributed by atoms with Crippen molar-refractivity contribution in [3.05, 3.63) is 34.5 Å². The highest BCUT2D eigenvalue weighted by Crippen LogP contribution is 2.26. The predicted octanol–water partition coefficient (Wildman–Crippen LogP) is 2.13. The van der Waals surface area contributed by atoms with Gasteiger partial charge < -0.3 is 9.73 Å². The van der Waals surface area contributed by atoms with Gasteiger partial charge in [0.2, 0.25) is 10.0 Å². The average Bonchev–Trinajstić information content (AvgIpc) is 2.70. The number of benzene rings is 1. The molecule has 2 rings (SSSR count). The third-order valence-corrected chi connectivity index (χ3v) is 4.03. The van der Waals surface area contributed by atoms with Gasteiger partial charge in [-0.3, -0.25) is 0 Å². The van der Waals surface area contributed by atoms with E-state index in [-0.39, 0.29) is 11.8 Å². The number of furan rings is 1. The topological polar surface area (TPSA) is 85.3 Å². The number of hydrogen-bond acceptors (Lipinski definition) is 4. The monoisotopic (exact) mass is 346 g/mol. The molecule has 0 spiro atoms. The van der Waals surface area contributed by atoms with E-state index in [0.717, 1.165) is 21.2 Å². The molecule has 7 heteroatoms. The van der Waals surface area contributed by atoms with Gasteiger partial charge in [0, 0.05) is 16.4 Å². The number of hydrogen-bond donors (Lipinski definition) is 2. The third kappa shape index (κ3) is 4.04. The van der Waals surface area contributed by atoms with Crippen LogP contribution < -0.4 is 10.5 Å². The number of primary sulfonamides is 1. The first-order chi connectivity index (χ1) is 8.85. The van der Waals surface area contributed by atoms with Gasteiger partial charge in [0.1, 0.15) is 11.3 Å². The molecule has 3 N–H and O–H groups in total. The first kappa shape index (κ1) is 14.5. The van der Waals surface area contributed by atoms with E-state index in [1.54, 1.807) is 0 Å². The fourth-order valence-electron chi connectivity index (χ4n) is 1.77. The van der Waals surface area contributed by atoms with Crippen LogP contribution in [-0.4, -0.2) is 20.7 Å². The first-order valence-electron chi connectivity index (χ1n) is 5.78. The molecule has 0 fully saturated rings. The van der Waals surface area contributed by atoms with Crippen molar-refractivity contribution < 1.29 is 12.8 Å². The Bertz CT molecular complexity index is 681. The van der Waals surface area contributed by atoms with Gasteiger partial charge in [0.25, 0.3) is 0 Å². The van der Waals surface area contributed by atoms with Crippen molar-refractivity contribution in [3.8, 4) is 0 Å². The minimum atomic E-state index is -3.43. The van der Waals surface area contributed by atoms with Crippen LogP contribution in [0.25, 0.3) is 11.0 Å². The molecule has 19 heavy (non-hydrogen) atoms. The first-order valence-corrected chi connectivity index (χ1v) is 8.29. The van der Waals surface area contributed by atoms with Crippen molar-refractivity contribution in [1.82, 2.24) is 5.32 Å². The summed E-state index contributed by atoms with van der Waals surface area (Å²) in [5.74, 6) is 0.672. The zero-order chi connectivity index (χ0) is 14.0. The van der Waals surface area contributed by atoms with Crippen molar-refractivity contribution in [2.24, 2.45) is 5.14 Å². The van der Waals surface area contributed by atoms with Gasteiger partial charge in [-0.25, -0.2) is 13.6 Å². The molecule has 1 unspecified atom stereocenters. The van der Waals surface area contributed by atoms with Gasteiger partial charge in [-0.05, 0) is 31.2 Å². The zero-order valence-corrected chi connectivity index (χ0v) is 12.8. The van der Waals surface area contributed by atoms with Gasteiger partial charge in [0.15, 0.2) is 0 Å². The Kier molecular flexibility index (Phi) is 4.29. The fourth-order valence-corrected chi connectivity index (χ4v) is 2.55. The molecule has 0 aliphatic carbocycles. The third-order valence-electron chi connectivity index (χ3n) is 2.76. The normalized spacial score (nSPS) is 13.8. The number of rotatable bonds is 5. The molecule has 0 saturated carbocycles. The SMILES string of the molecule is CC(NCCS(N)(=O)=O)c1cc2cc(Br)ccc2o1. The second-order valence-corrected chi connectivity index (χ2v) is 7.02. The highest BCUT2D eigenvalue weighted by molar-refractivity contribution is 9.10. The summed E-state index contributed by atoms with van der Waals surface area (Å²) in [5.41, 5.74) is 0.804. The summed E-state index contributed by atoms with van der Waals surface area (Å²) >= 11 is 3.40. The van der Waals surface area contributed by atoms with Crippen molar-refractivity contribution in [2.45, 2.75) is 13.0 Å². The Morgan fingerprint density at radius 3 is 2.84 bits per heavy atom. The molecule has 104 valence electrons. The molecule has 0 aliphatic heterocycles. The summed E-state index contributed by atoms with van der Waals surface area (Å²) in [6.45, 7) is 2.20. The van der Waals surface area contributed by atoms with Crippen LogP contribution >= 0.6 is 15.9 Å². The van der Waals surface area contributed by atoms with Crippen molar-refractivity contribution in [3.63, 3.8) is 0 Å². The van der Waals surface area contributed by atoms with E-state index in [0.29, 0.717) is 6.54 Å². The number of halogens is 1. The maximum atomic E-state index is 10.8. The number of nitrogens with two attached hydrogens (primary N) is 1. The molecule has 5 nitrogen and oxygen atoms in total. The van der Waals surface area contributed by atoms with E-state index < -0.39 is 10.0 Å². The molecule has 0 saturated heterocycles. The lowest BCUT2D eigenvalue weighted by Gasteiger charge is -2.10. The molecule has 1 aromatic heterocycles. The molecular weight excluding hydrogens is 332 g/mol. The van der Waals surface area contributed by atoms with Gasteiger partial charge in [-0.15, -0.1) is 0 Å². The van der Waals surface area contributed by atoms with E-state index >= 15 is 0 Å². The second kappa shape index (κ2) is 5.62. The van der Waals surface area contributed by atoms with E-state index in [1.807, 2.05) is 31.2 Å². The van der Waals surface area contributed by atoms with Gasteiger partial charge in [-0.1, -0.05) is 15.9 Å². The molecule has 0 amide bonds. The standard InChI is InChI=1S/C12H15BrN2O3S/c1-8(15-4-5-19(14,16)17)12-7-9-6-10(13)2-3-11(9)18-12/h2-3,6-8,15H,4-5H2,1H3,(H2,14,16,17). The van der Waals surface area contributed by atoms with Crippen molar-refractivity contribution in [1.29, 1.82) is 0 Å². The molecule has 1 heterocycles. The maximum Gasteiger partial charge on any atom is 0.210 e. The minimum absolute atomic E-state index is 0.0760. The highest BCUT2D eigenvalue weighted by Gasteiger charge is 2.12. The van der Waals surface area contributed by atoms with E-state index in [2.05, 4.69) is 21.2 Å². The lowest BCUT2D eigenvalue weighted by atomic mass is 10.2. The quantitative estimate of drug-likeness (QED) is 0.868. The number of nitrogens with one attached hydrogen (secondary N) is 1. The van der Waals surface area contributed by atoms with Crippen molar-refractivity contribution in [2.75, 3.05) is 12.3 Å². The smallest absolute Gasteiger partial charge is 0.210 e. The van der Waals surface area contributed by atoms with E-state index in [4.69, 9.17) is 9.56 Å². The number of fused-ring (bicyclic) bond motifs is 1. The highest BCUT2D eigenvalue weighted by atomic mass is 79.9. The van der Waals surface area contributed by atoms with E-state index in [9.17, 15) is 8.42 Å². The van der Waals surface area contributed by atoms with Crippen LogP contribution in [0.15, 0.2) is 33.2 Å². The molecule has 1 atom stereocenters. The van der Waals surface area contributed by atoms with Crippen LogP contribution in [0.5, 0.6) is 0 Å². The maximum absolute atomic E-state index is 10.8. The Hall–Kier alpha value is -0.890. The molecule has 2 aromatic rings. The molecule has 0 bridgehead atoms. The average molecular weight is 347 g/mol.